The summed E-state index contributed by atoms with van der Waals surface area (Å²) in [6.07, 6.45) is 1.51. The van der Waals surface area contributed by atoms with Crippen molar-refractivity contribution in [3.63, 3.8) is 0 Å². The number of para-hydroxylation sites is 1. The van der Waals surface area contributed by atoms with Crippen molar-refractivity contribution in [1.82, 2.24) is 5.43 Å². The van der Waals surface area contributed by atoms with Gasteiger partial charge in [-0.05, 0) is 57.4 Å². The molecule has 0 spiro atoms. The van der Waals surface area contributed by atoms with Gasteiger partial charge in [-0.2, -0.15) is 0 Å². The topological polar surface area (TPSA) is 102 Å². The van der Waals surface area contributed by atoms with Gasteiger partial charge in [-0.3, -0.25) is 25.1 Å². The van der Waals surface area contributed by atoms with Gasteiger partial charge in [-0.25, -0.2) is 5.01 Å². The second-order valence-corrected chi connectivity index (χ2v) is 7.73. The van der Waals surface area contributed by atoms with Crippen LogP contribution >= 0.6 is 15.9 Å². The lowest BCUT2D eigenvalue weighted by Gasteiger charge is -2.13. The molecule has 1 fully saturated rings. The standard InChI is InChI=1S/C23H16BrN3O5/c24-20-13-15(9-10-21(20)32-14-16-5-4-8-18(11-16)27(30)31)12-19-22(28)25-26(23(19)29)17-6-2-1-3-7-17/h1-13H,14H2,(H,25,28)/b19-12-. The summed E-state index contributed by atoms with van der Waals surface area (Å²) in [7, 11) is 0. The number of carbonyl (C=O) groups is 2. The van der Waals surface area contributed by atoms with Crippen molar-refractivity contribution in [3.8, 4) is 5.75 Å². The van der Waals surface area contributed by atoms with Gasteiger partial charge in [0.1, 0.15) is 17.9 Å². The number of nitrogens with zero attached hydrogens (tertiary/aromatic N) is 2. The van der Waals surface area contributed by atoms with Crippen LogP contribution in [-0.2, 0) is 16.2 Å². The molecule has 1 aliphatic heterocycles. The van der Waals surface area contributed by atoms with Gasteiger partial charge in [0.25, 0.3) is 17.5 Å². The number of hydrazine groups is 1. The molecule has 3 aromatic carbocycles. The molecule has 2 amide bonds. The molecule has 1 aliphatic rings. The van der Waals surface area contributed by atoms with Crippen molar-refractivity contribution < 1.29 is 19.2 Å². The smallest absolute Gasteiger partial charge is 0.282 e. The van der Waals surface area contributed by atoms with Crippen LogP contribution in [0.2, 0.25) is 0 Å². The first-order valence-electron chi connectivity index (χ1n) is 9.50. The summed E-state index contributed by atoms with van der Waals surface area (Å²) in [5.41, 5.74) is 4.44. The van der Waals surface area contributed by atoms with Gasteiger partial charge in [-0.1, -0.05) is 36.4 Å². The van der Waals surface area contributed by atoms with Crippen LogP contribution in [0.25, 0.3) is 6.08 Å². The number of nitro groups is 1. The van der Waals surface area contributed by atoms with E-state index in [0.29, 0.717) is 27.0 Å². The molecule has 8 nitrogen and oxygen atoms in total. The predicted molar refractivity (Wildman–Crippen MR) is 122 cm³/mol. The molecule has 0 radical (unpaired) electrons. The minimum atomic E-state index is -0.485. The van der Waals surface area contributed by atoms with Crippen molar-refractivity contribution in [2.75, 3.05) is 5.01 Å². The molecule has 0 saturated carbocycles. The largest absolute Gasteiger partial charge is 0.488 e. The molecular formula is C23H16BrN3O5. The van der Waals surface area contributed by atoms with Crippen molar-refractivity contribution >= 4 is 45.2 Å². The third-order valence-corrected chi connectivity index (χ3v) is 5.31. The summed E-state index contributed by atoms with van der Waals surface area (Å²) in [5, 5.41) is 12.1. The molecule has 0 aromatic heterocycles. The number of ether oxygens (including phenoxy) is 1. The zero-order chi connectivity index (χ0) is 22.7. The highest BCUT2D eigenvalue weighted by Crippen LogP contribution is 2.29. The van der Waals surface area contributed by atoms with Crippen LogP contribution < -0.4 is 15.2 Å². The number of nitrogens with one attached hydrogen (secondary N) is 1. The predicted octanol–water partition coefficient (Wildman–Crippen LogP) is 4.40. The average molecular weight is 494 g/mol. The Bertz CT molecular complexity index is 1240. The maximum Gasteiger partial charge on any atom is 0.282 e. The number of benzene rings is 3. The van der Waals surface area contributed by atoms with Crippen molar-refractivity contribution in [2.45, 2.75) is 6.61 Å². The third kappa shape index (κ3) is 4.52. The molecular weight excluding hydrogens is 478 g/mol. The molecule has 160 valence electrons. The fourth-order valence-corrected chi connectivity index (χ4v) is 3.64. The second kappa shape index (κ2) is 9.03. The maximum absolute atomic E-state index is 12.7. The quantitative estimate of drug-likeness (QED) is 0.237. The second-order valence-electron chi connectivity index (χ2n) is 6.88. The van der Waals surface area contributed by atoms with E-state index in [4.69, 9.17) is 4.74 Å². The fraction of sp³-hybridized carbons (Fsp3) is 0.0435. The number of hydrogen-bond acceptors (Lipinski definition) is 5. The summed E-state index contributed by atoms with van der Waals surface area (Å²) in [5.74, 6) is -0.406. The summed E-state index contributed by atoms with van der Waals surface area (Å²) in [4.78, 5) is 35.5. The van der Waals surface area contributed by atoms with E-state index in [0.717, 1.165) is 0 Å². The number of rotatable bonds is 6. The molecule has 0 atom stereocenters. The summed E-state index contributed by atoms with van der Waals surface area (Å²) >= 11 is 3.43. The van der Waals surface area contributed by atoms with Gasteiger partial charge in [0.05, 0.1) is 15.1 Å². The Labute approximate surface area is 191 Å². The van der Waals surface area contributed by atoms with Crippen LogP contribution in [0.1, 0.15) is 11.1 Å². The number of hydrogen-bond donors (Lipinski definition) is 1. The van der Waals surface area contributed by atoms with E-state index >= 15 is 0 Å². The lowest BCUT2D eigenvalue weighted by atomic mass is 10.1. The lowest BCUT2D eigenvalue weighted by Crippen LogP contribution is -2.35. The van der Waals surface area contributed by atoms with Crippen LogP contribution in [0.3, 0.4) is 0 Å². The van der Waals surface area contributed by atoms with Crippen molar-refractivity contribution in [1.29, 1.82) is 0 Å². The van der Waals surface area contributed by atoms with Gasteiger partial charge in [0.15, 0.2) is 0 Å². The van der Waals surface area contributed by atoms with Crippen LogP contribution in [0.4, 0.5) is 11.4 Å². The maximum atomic E-state index is 12.7. The van der Waals surface area contributed by atoms with Gasteiger partial charge < -0.3 is 4.74 Å². The molecule has 3 aromatic rings. The zero-order valence-electron chi connectivity index (χ0n) is 16.5. The number of nitro benzene ring substituents is 1. The number of halogens is 1. The first kappa shape index (κ1) is 21.3. The van der Waals surface area contributed by atoms with Crippen LogP contribution in [-0.4, -0.2) is 16.7 Å². The Morgan fingerprint density at radius 1 is 1.03 bits per heavy atom. The van der Waals surface area contributed by atoms with Crippen LogP contribution in [0.15, 0.2) is 82.8 Å². The van der Waals surface area contributed by atoms with Gasteiger partial charge in [-0.15, -0.1) is 0 Å². The molecule has 0 bridgehead atoms. The molecule has 0 aliphatic carbocycles. The van der Waals surface area contributed by atoms with Crippen molar-refractivity contribution in [3.05, 3.63) is 104 Å². The third-order valence-electron chi connectivity index (χ3n) is 4.69. The van der Waals surface area contributed by atoms with Crippen LogP contribution in [0.5, 0.6) is 5.75 Å². The zero-order valence-corrected chi connectivity index (χ0v) is 18.1. The number of anilines is 1. The average Bonchev–Trinajstić information content (AvgIpc) is 3.07. The Balaban J connectivity index is 1.49. The Kier molecular flexibility index (Phi) is 6.00. The van der Waals surface area contributed by atoms with E-state index < -0.39 is 16.7 Å². The highest BCUT2D eigenvalue weighted by Gasteiger charge is 2.34. The van der Waals surface area contributed by atoms with Crippen LogP contribution in [0, 0.1) is 10.1 Å². The first-order chi connectivity index (χ1) is 15.4. The molecule has 1 saturated heterocycles. The molecule has 0 unspecified atom stereocenters. The molecule has 4 rings (SSSR count). The molecule has 1 N–H and O–H groups in total. The minimum absolute atomic E-state index is 0.00353. The van der Waals surface area contributed by atoms with E-state index in [9.17, 15) is 19.7 Å². The summed E-state index contributed by atoms with van der Waals surface area (Å²) < 4.78 is 6.37. The fourth-order valence-electron chi connectivity index (χ4n) is 3.13. The Hall–Kier alpha value is -3.98. The monoisotopic (exact) mass is 493 g/mol. The lowest BCUT2D eigenvalue weighted by molar-refractivity contribution is -0.384. The highest BCUT2D eigenvalue weighted by molar-refractivity contribution is 9.10. The number of amides is 2. The van der Waals surface area contributed by atoms with Gasteiger partial charge >= 0.3 is 0 Å². The van der Waals surface area contributed by atoms with E-state index in [-0.39, 0.29) is 17.9 Å². The molecule has 32 heavy (non-hydrogen) atoms. The highest BCUT2D eigenvalue weighted by atomic mass is 79.9. The minimum Gasteiger partial charge on any atom is -0.488 e. The Morgan fingerprint density at radius 3 is 2.53 bits per heavy atom. The van der Waals surface area contributed by atoms with E-state index in [1.807, 2.05) is 6.07 Å². The molecule has 9 heteroatoms. The van der Waals surface area contributed by atoms with Gasteiger partial charge in [0, 0.05) is 12.1 Å². The summed E-state index contributed by atoms with van der Waals surface area (Å²) in [6, 6.07) is 20.2. The number of carbonyl (C=O) groups excluding carboxylic acids is 2. The summed E-state index contributed by atoms with van der Waals surface area (Å²) in [6.45, 7) is 0.146. The van der Waals surface area contributed by atoms with E-state index in [1.54, 1.807) is 54.6 Å². The number of non-ortho nitro benzene ring substituents is 1. The van der Waals surface area contributed by atoms with Crippen molar-refractivity contribution in [2.24, 2.45) is 0 Å². The molecule has 1 heterocycles. The van der Waals surface area contributed by atoms with E-state index in [1.165, 1.54) is 23.2 Å². The van der Waals surface area contributed by atoms with Gasteiger partial charge in [0.2, 0.25) is 0 Å². The Morgan fingerprint density at radius 2 is 1.81 bits per heavy atom. The first-order valence-corrected chi connectivity index (χ1v) is 10.3. The normalized spacial score (nSPS) is 14.5. The van der Waals surface area contributed by atoms with E-state index in [2.05, 4.69) is 21.4 Å². The SMILES string of the molecule is O=C1NN(c2ccccc2)C(=O)/C1=C\c1ccc(OCc2cccc([N+](=O)[O-])c2)c(Br)c1.